The van der Waals surface area contributed by atoms with Crippen molar-refractivity contribution in [2.45, 2.75) is 6.54 Å². The molecule has 0 aliphatic carbocycles. The normalized spacial score (nSPS) is 14.6. The first-order valence-corrected chi connectivity index (χ1v) is 11.8. The van der Waals surface area contributed by atoms with E-state index in [-0.39, 0.29) is 0 Å². The number of rotatable bonds is 5. The number of pyridine rings is 1. The first kappa shape index (κ1) is 20.0. The molecular weight excluding hydrogens is 432 g/mol. The Morgan fingerprint density at radius 1 is 1.03 bits per heavy atom. The molecule has 6 rings (SSSR count). The summed E-state index contributed by atoms with van der Waals surface area (Å²) in [6.07, 6.45) is 5.49. The van der Waals surface area contributed by atoms with Crippen LogP contribution in [0.4, 0.5) is 5.82 Å². The molecule has 0 spiro atoms. The zero-order valence-electron chi connectivity index (χ0n) is 18.0. The predicted octanol–water partition coefficient (Wildman–Crippen LogP) is 4.46. The van der Waals surface area contributed by atoms with E-state index in [1.807, 2.05) is 28.9 Å². The van der Waals surface area contributed by atoms with Crippen LogP contribution in [0.2, 0.25) is 0 Å². The summed E-state index contributed by atoms with van der Waals surface area (Å²) >= 11 is 1.75. The average Bonchev–Trinajstić information content (AvgIpc) is 3.51. The van der Waals surface area contributed by atoms with E-state index in [1.54, 1.807) is 23.7 Å². The molecule has 8 heteroatoms. The molecule has 4 aromatic heterocycles. The molecule has 0 radical (unpaired) electrons. The lowest BCUT2D eigenvalue weighted by Crippen LogP contribution is -2.37. The molecule has 1 fully saturated rings. The molecule has 0 atom stereocenters. The molecule has 0 N–H and O–H groups in total. The Morgan fingerprint density at radius 3 is 2.79 bits per heavy atom. The first-order valence-electron chi connectivity index (χ1n) is 10.9. The molecule has 5 heterocycles. The molecule has 0 bridgehead atoms. The number of anilines is 1. The van der Waals surface area contributed by atoms with Gasteiger partial charge in [-0.3, -0.25) is 9.98 Å². The summed E-state index contributed by atoms with van der Waals surface area (Å²) in [5.74, 6) is 1.02. The van der Waals surface area contributed by atoms with Gasteiger partial charge in [0.1, 0.15) is 5.82 Å². The van der Waals surface area contributed by atoms with E-state index in [9.17, 15) is 0 Å². The van der Waals surface area contributed by atoms with Gasteiger partial charge in [-0.1, -0.05) is 6.07 Å². The second-order valence-electron chi connectivity index (χ2n) is 7.93. The van der Waals surface area contributed by atoms with Crippen molar-refractivity contribution in [1.82, 2.24) is 19.6 Å². The van der Waals surface area contributed by atoms with E-state index < -0.39 is 0 Å². The molecule has 1 aliphatic rings. The minimum absolute atomic E-state index is 0.505. The lowest BCUT2D eigenvalue weighted by atomic mass is 10.2. The topological polar surface area (TPSA) is 67.9 Å². The number of aromatic nitrogens is 4. The third-order valence-corrected chi connectivity index (χ3v) is 6.64. The maximum atomic E-state index is 5.56. The summed E-state index contributed by atoms with van der Waals surface area (Å²) in [6, 6.07) is 16.6. The smallest absolute Gasteiger partial charge is 0.158 e. The van der Waals surface area contributed by atoms with Crippen LogP contribution in [0.25, 0.3) is 27.0 Å². The number of ether oxygens (including phenoxy) is 1. The van der Waals surface area contributed by atoms with Gasteiger partial charge in [0.15, 0.2) is 5.65 Å². The summed E-state index contributed by atoms with van der Waals surface area (Å²) in [5, 5.41) is 8.22. The minimum Gasteiger partial charge on any atom is -0.378 e. The van der Waals surface area contributed by atoms with Crippen molar-refractivity contribution in [3.63, 3.8) is 0 Å². The average molecular weight is 455 g/mol. The van der Waals surface area contributed by atoms with E-state index in [0.717, 1.165) is 47.1 Å². The fourth-order valence-corrected chi connectivity index (χ4v) is 4.85. The Labute approximate surface area is 195 Å². The Balaban J connectivity index is 1.34. The standard InChI is InChI=1S/C25H22N6OS/c1-2-23-20(5-12-33-23)13-18(1)16-27-17-21-14-25(30-8-10-32-11-9-30)31-24(28-21)15-22(29-31)19-3-6-26-7-4-19/h1-7,12-16H,8-11,17H2. The van der Waals surface area contributed by atoms with Crippen LogP contribution in [0.15, 0.2) is 71.3 Å². The Bertz CT molecular complexity index is 1440. The van der Waals surface area contributed by atoms with E-state index in [4.69, 9.17) is 19.8 Å². The van der Waals surface area contributed by atoms with E-state index in [2.05, 4.69) is 45.6 Å². The highest BCUT2D eigenvalue weighted by Gasteiger charge is 2.18. The van der Waals surface area contributed by atoms with Gasteiger partial charge in [0.2, 0.25) is 0 Å². The molecule has 7 nitrogen and oxygen atoms in total. The van der Waals surface area contributed by atoms with Crippen LogP contribution in [0.3, 0.4) is 0 Å². The van der Waals surface area contributed by atoms with Gasteiger partial charge in [-0.25, -0.2) is 4.98 Å². The molecule has 1 saturated heterocycles. The van der Waals surface area contributed by atoms with Crippen molar-refractivity contribution in [1.29, 1.82) is 0 Å². The van der Waals surface area contributed by atoms with E-state index in [1.165, 1.54) is 10.1 Å². The number of hydrogen-bond donors (Lipinski definition) is 0. The monoisotopic (exact) mass is 454 g/mol. The van der Waals surface area contributed by atoms with Crippen LogP contribution in [-0.2, 0) is 11.3 Å². The number of benzene rings is 1. The fraction of sp³-hybridized carbons (Fsp3) is 0.200. The molecular formula is C25H22N6OS. The Hall–Kier alpha value is -3.62. The number of nitrogens with zero attached hydrogens (tertiary/aromatic N) is 6. The highest BCUT2D eigenvalue weighted by Crippen LogP contribution is 2.25. The van der Waals surface area contributed by atoms with Crippen LogP contribution in [0.1, 0.15) is 11.3 Å². The zero-order chi connectivity index (χ0) is 22.0. The SMILES string of the molecule is C(=NCc1cc(N2CCOCC2)n2nc(-c3ccncc3)cc2n1)c1ccc2sccc2c1. The van der Waals surface area contributed by atoms with Crippen molar-refractivity contribution in [2.75, 3.05) is 31.2 Å². The molecule has 1 aromatic carbocycles. The minimum atomic E-state index is 0.505. The van der Waals surface area contributed by atoms with Crippen molar-refractivity contribution in [2.24, 2.45) is 4.99 Å². The van der Waals surface area contributed by atoms with Gasteiger partial charge >= 0.3 is 0 Å². The van der Waals surface area contributed by atoms with E-state index >= 15 is 0 Å². The molecule has 5 aromatic rings. The maximum absolute atomic E-state index is 5.56. The summed E-state index contributed by atoms with van der Waals surface area (Å²) in [4.78, 5) is 16.0. The summed E-state index contributed by atoms with van der Waals surface area (Å²) in [6.45, 7) is 3.58. The van der Waals surface area contributed by atoms with Crippen LogP contribution < -0.4 is 4.90 Å². The van der Waals surface area contributed by atoms with Crippen LogP contribution in [0.5, 0.6) is 0 Å². The molecule has 1 aliphatic heterocycles. The van der Waals surface area contributed by atoms with Gasteiger partial charge in [0.25, 0.3) is 0 Å². The highest BCUT2D eigenvalue weighted by molar-refractivity contribution is 7.17. The summed E-state index contributed by atoms with van der Waals surface area (Å²) in [5.41, 5.74) is 4.73. The molecule has 164 valence electrons. The van der Waals surface area contributed by atoms with Crippen LogP contribution >= 0.6 is 11.3 Å². The number of aliphatic imine (C=N–C) groups is 1. The van der Waals surface area contributed by atoms with Crippen LogP contribution in [0, 0.1) is 0 Å². The molecule has 0 amide bonds. The number of morpholine rings is 1. The summed E-state index contributed by atoms with van der Waals surface area (Å²) < 4.78 is 8.78. The van der Waals surface area contributed by atoms with Gasteiger partial charge in [-0.05, 0) is 46.7 Å². The zero-order valence-corrected chi connectivity index (χ0v) is 18.8. The lowest BCUT2D eigenvalue weighted by Gasteiger charge is -2.29. The second kappa shape index (κ2) is 8.73. The highest BCUT2D eigenvalue weighted by atomic mass is 32.1. The molecule has 0 saturated carbocycles. The second-order valence-corrected chi connectivity index (χ2v) is 8.88. The Kier molecular flexibility index (Phi) is 5.29. The number of thiophene rings is 1. The third-order valence-electron chi connectivity index (χ3n) is 5.74. The van der Waals surface area contributed by atoms with E-state index in [0.29, 0.717) is 19.8 Å². The van der Waals surface area contributed by atoms with Crippen molar-refractivity contribution in [3.8, 4) is 11.3 Å². The number of hydrogen-bond acceptors (Lipinski definition) is 7. The summed E-state index contributed by atoms with van der Waals surface area (Å²) in [7, 11) is 0. The quantitative estimate of drug-likeness (QED) is 0.367. The third kappa shape index (κ3) is 4.10. The lowest BCUT2D eigenvalue weighted by molar-refractivity contribution is 0.122. The first-order chi connectivity index (χ1) is 16.3. The van der Waals surface area contributed by atoms with Gasteiger partial charge in [-0.15, -0.1) is 11.3 Å². The van der Waals surface area contributed by atoms with Gasteiger partial charge in [-0.2, -0.15) is 9.61 Å². The fourth-order valence-electron chi connectivity index (χ4n) is 4.08. The van der Waals surface area contributed by atoms with Gasteiger partial charge in [0, 0.05) is 54.1 Å². The van der Waals surface area contributed by atoms with Gasteiger partial charge in [0.05, 0.1) is 31.1 Å². The van der Waals surface area contributed by atoms with Gasteiger partial charge < -0.3 is 9.64 Å². The van der Waals surface area contributed by atoms with Crippen molar-refractivity contribution in [3.05, 3.63) is 77.6 Å². The van der Waals surface area contributed by atoms with Crippen molar-refractivity contribution >= 4 is 39.1 Å². The predicted molar refractivity (Wildman–Crippen MR) is 132 cm³/mol. The number of fused-ring (bicyclic) bond motifs is 2. The maximum Gasteiger partial charge on any atom is 0.158 e. The molecule has 0 unspecified atom stereocenters. The van der Waals surface area contributed by atoms with Crippen LogP contribution in [-0.4, -0.2) is 52.1 Å². The largest absolute Gasteiger partial charge is 0.378 e. The Morgan fingerprint density at radius 2 is 1.91 bits per heavy atom. The van der Waals surface area contributed by atoms with Crippen molar-refractivity contribution < 1.29 is 4.74 Å². The molecule has 33 heavy (non-hydrogen) atoms.